The molecule has 102 valence electrons. The highest BCUT2D eigenvalue weighted by Crippen LogP contribution is 2.49. The molecule has 0 bridgehead atoms. The lowest BCUT2D eigenvalue weighted by Crippen LogP contribution is -2.46. The molecular formula is C16H21NO2. The van der Waals surface area contributed by atoms with Crippen molar-refractivity contribution in [3.05, 3.63) is 34.9 Å². The number of carbonyl (C=O) groups is 1. The minimum absolute atomic E-state index is 0.369. The zero-order chi connectivity index (χ0) is 13.5. The van der Waals surface area contributed by atoms with Crippen LogP contribution in [0.4, 0.5) is 0 Å². The van der Waals surface area contributed by atoms with Gasteiger partial charge in [-0.05, 0) is 55.2 Å². The van der Waals surface area contributed by atoms with Crippen LogP contribution in [0.25, 0.3) is 0 Å². The van der Waals surface area contributed by atoms with E-state index in [-0.39, 0.29) is 6.04 Å². The van der Waals surface area contributed by atoms with E-state index in [1.54, 1.807) is 0 Å². The van der Waals surface area contributed by atoms with Crippen LogP contribution in [0.3, 0.4) is 0 Å². The van der Waals surface area contributed by atoms with Gasteiger partial charge in [0.15, 0.2) is 0 Å². The third-order valence-electron chi connectivity index (χ3n) is 5.00. The molecule has 1 unspecified atom stereocenters. The Hall–Kier alpha value is -1.35. The fourth-order valence-corrected chi connectivity index (χ4v) is 3.48. The van der Waals surface area contributed by atoms with E-state index in [0.29, 0.717) is 12.8 Å². The second-order valence-electron chi connectivity index (χ2n) is 6.03. The Morgan fingerprint density at radius 2 is 1.84 bits per heavy atom. The van der Waals surface area contributed by atoms with Gasteiger partial charge in [-0.1, -0.05) is 24.6 Å². The number of aryl methyl sites for hydroxylation is 2. The summed E-state index contributed by atoms with van der Waals surface area (Å²) in [5.41, 5.74) is 9.36. The van der Waals surface area contributed by atoms with E-state index in [2.05, 4.69) is 12.1 Å². The standard InChI is InChI=1S/C16H21NO2/c17-14(16(15(18)19)8-3-9-16)13-7-6-11-4-1-2-5-12(11)10-13/h6-7,10,14H,1-5,8-9,17H2,(H,18,19). The molecule has 1 aromatic carbocycles. The summed E-state index contributed by atoms with van der Waals surface area (Å²) in [5.74, 6) is -0.732. The Bertz CT molecular complexity index is 505. The maximum absolute atomic E-state index is 11.5. The molecule has 0 heterocycles. The van der Waals surface area contributed by atoms with E-state index in [1.165, 1.54) is 24.0 Å². The molecule has 0 amide bonds. The topological polar surface area (TPSA) is 63.3 Å². The lowest BCUT2D eigenvalue weighted by Gasteiger charge is -2.42. The SMILES string of the molecule is NC(c1ccc2c(c1)CCCC2)C1(C(=O)O)CCC1. The van der Waals surface area contributed by atoms with Crippen LogP contribution >= 0.6 is 0 Å². The summed E-state index contributed by atoms with van der Waals surface area (Å²) in [6.45, 7) is 0. The predicted molar refractivity (Wildman–Crippen MR) is 73.9 cm³/mol. The molecule has 3 rings (SSSR count). The van der Waals surface area contributed by atoms with Crippen molar-refractivity contribution < 1.29 is 9.90 Å². The van der Waals surface area contributed by atoms with Crippen LogP contribution in [0.2, 0.25) is 0 Å². The molecule has 3 N–H and O–H groups in total. The normalized spacial score (nSPS) is 22.2. The van der Waals surface area contributed by atoms with Crippen LogP contribution in [0.15, 0.2) is 18.2 Å². The first-order valence-electron chi connectivity index (χ1n) is 7.24. The molecule has 19 heavy (non-hydrogen) atoms. The predicted octanol–water partition coefficient (Wildman–Crippen LogP) is 2.82. The van der Waals surface area contributed by atoms with Gasteiger partial charge in [-0.15, -0.1) is 0 Å². The number of benzene rings is 1. The molecule has 0 radical (unpaired) electrons. The van der Waals surface area contributed by atoms with Crippen LogP contribution in [0.1, 0.15) is 54.8 Å². The molecule has 1 aromatic rings. The number of carboxylic acid groups (broad SMARTS) is 1. The molecule has 2 aliphatic carbocycles. The first-order valence-corrected chi connectivity index (χ1v) is 7.24. The van der Waals surface area contributed by atoms with Crippen molar-refractivity contribution in [2.45, 2.75) is 51.0 Å². The van der Waals surface area contributed by atoms with Crippen LogP contribution in [-0.4, -0.2) is 11.1 Å². The van der Waals surface area contributed by atoms with E-state index in [4.69, 9.17) is 5.73 Å². The molecule has 0 aliphatic heterocycles. The number of hydrogen-bond donors (Lipinski definition) is 2. The average Bonchev–Trinajstić information content (AvgIpc) is 2.36. The Morgan fingerprint density at radius 3 is 2.42 bits per heavy atom. The minimum Gasteiger partial charge on any atom is -0.481 e. The van der Waals surface area contributed by atoms with E-state index < -0.39 is 11.4 Å². The fourth-order valence-electron chi connectivity index (χ4n) is 3.48. The first kappa shape index (κ1) is 12.7. The van der Waals surface area contributed by atoms with E-state index >= 15 is 0 Å². The number of aliphatic carboxylic acids is 1. The molecule has 1 saturated carbocycles. The third kappa shape index (κ3) is 1.96. The number of fused-ring (bicyclic) bond motifs is 1. The van der Waals surface area contributed by atoms with Gasteiger partial charge >= 0.3 is 5.97 Å². The van der Waals surface area contributed by atoms with Gasteiger partial charge in [-0.3, -0.25) is 4.79 Å². The summed E-state index contributed by atoms with van der Waals surface area (Å²) >= 11 is 0. The largest absolute Gasteiger partial charge is 0.481 e. The van der Waals surface area contributed by atoms with Crippen molar-refractivity contribution >= 4 is 5.97 Å². The number of rotatable bonds is 3. The second-order valence-corrected chi connectivity index (χ2v) is 6.03. The van der Waals surface area contributed by atoms with Crippen molar-refractivity contribution in [3.63, 3.8) is 0 Å². The van der Waals surface area contributed by atoms with E-state index in [1.807, 2.05) is 6.07 Å². The van der Waals surface area contributed by atoms with Gasteiger partial charge < -0.3 is 10.8 Å². The van der Waals surface area contributed by atoms with Gasteiger partial charge in [0.1, 0.15) is 0 Å². The minimum atomic E-state index is -0.732. The zero-order valence-electron chi connectivity index (χ0n) is 11.2. The lowest BCUT2D eigenvalue weighted by atomic mass is 9.62. The Labute approximate surface area is 113 Å². The fraction of sp³-hybridized carbons (Fsp3) is 0.562. The molecule has 3 nitrogen and oxygen atoms in total. The van der Waals surface area contributed by atoms with E-state index in [0.717, 1.165) is 24.8 Å². The van der Waals surface area contributed by atoms with Crippen molar-refractivity contribution in [2.75, 3.05) is 0 Å². The van der Waals surface area contributed by atoms with Gasteiger partial charge in [0.05, 0.1) is 5.41 Å². The van der Waals surface area contributed by atoms with Gasteiger partial charge in [0, 0.05) is 6.04 Å². The quantitative estimate of drug-likeness (QED) is 0.877. The second kappa shape index (κ2) is 4.64. The van der Waals surface area contributed by atoms with Crippen molar-refractivity contribution in [2.24, 2.45) is 11.1 Å². The number of nitrogens with two attached hydrogens (primary N) is 1. The molecule has 0 saturated heterocycles. The van der Waals surface area contributed by atoms with Crippen LogP contribution in [-0.2, 0) is 17.6 Å². The Balaban J connectivity index is 1.91. The molecule has 1 fully saturated rings. The Kier molecular flexibility index (Phi) is 3.09. The maximum atomic E-state index is 11.5. The summed E-state index contributed by atoms with van der Waals surface area (Å²) in [4.78, 5) is 11.5. The maximum Gasteiger partial charge on any atom is 0.311 e. The van der Waals surface area contributed by atoms with Gasteiger partial charge in [0.2, 0.25) is 0 Å². The molecule has 0 aromatic heterocycles. The summed E-state index contributed by atoms with van der Waals surface area (Å²) in [6, 6.07) is 5.98. The number of carboxylic acids is 1. The zero-order valence-corrected chi connectivity index (χ0v) is 11.2. The summed E-state index contributed by atoms with van der Waals surface area (Å²) in [6.07, 6.45) is 7.14. The summed E-state index contributed by atoms with van der Waals surface area (Å²) in [5, 5.41) is 9.47. The molecule has 1 atom stereocenters. The smallest absolute Gasteiger partial charge is 0.311 e. The Morgan fingerprint density at radius 1 is 1.16 bits per heavy atom. The number of hydrogen-bond acceptors (Lipinski definition) is 2. The van der Waals surface area contributed by atoms with Crippen LogP contribution in [0, 0.1) is 5.41 Å². The van der Waals surface area contributed by atoms with Crippen molar-refractivity contribution in [1.82, 2.24) is 0 Å². The molecule has 2 aliphatic rings. The highest BCUT2D eigenvalue weighted by Gasteiger charge is 2.49. The van der Waals surface area contributed by atoms with Gasteiger partial charge in [-0.2, -0.15) is 0 Å². The molecule has 3 heteroatoms. The van der Waals surface area contributed by atoms with Crippen molar-refractivity contribution in [3.8, 4) is 0 Å². The van der Waals surface area contributed by atoms with Crippen LogP contribution < -0.4 is 5.73 Å². The van der Waals surface area contributed by atoms with E-state index in [9.17, 15) is 9.90 Å². The first-order chi connectivity index (χ1) is 9.13. The van der Waals surface area contributed by atoms with Crippen LogP contribution in [0.5, 0.6) is 0 Å². The summed E-state index contributed by atoms with van der Waals surface area (Å²) < 4.78 is 0. The third-order valence-corrected chi connectivity index (χ3v) is 5.00. The lowest BCUT2D eigenvalue weighted by molar-refractivity contribution is -0.156. The van der Waals surface area contributed by atoms with Crippen molar-refractivity contribution in [1.29, 1.82) is 0 Å². The van der Waals surface area contributed by atoms with Gasteiger partial charge in [0.25, 0.3) is 0 Å². The van der Waals surface area contributed by atoms with Gasteiger partial charge in [-0.25, -0.2) is 0 Å². The molecule has 0 spiro atoms. The highest BCUT2D eigenvalue weighted by atomic mass is 16.4. The molecular weight excluding hydrogens is 238 g/mol. The monoisotopic (exact) mass is 259 g/mol. The summed E-state index contributed by atoms with van der Waals surface area (Å²) in [7, 11) is 0. The highest BCUT2D eigenvalue weighted by molar-refractivity contribution is 5.77. The average molecular weight is 259 g/mol.